The van der Waals surface area contributed by atoms with Crippen molar-refractivity contribution in [2.24, 2.45) is 5.73 Å². The standard InChI is InChI=1S/C15H21N3O/c1-11-4-5-15(14(10-11)12(2)16)19-9-8-18-7-6-17-13(18)3/h4-7,10,12H,8-9,16H2,1-3H3. The summed E-state index contributed by atoms with van der Waals surface area (Å²) in [6, 6.07) is 6.10. The molecule has 0 fully saturated rings. The lowest BCUT2D eigenvalue weighted by Crippen LogP contribution is -2.12. The van der Waals surface area contributed by atoms with Gasteiger partial charge in [0.05, 0.1) is 6.54 Å². The molecule has 2 N–H and O–H groups in total. The number of aromatic nitrogens is 2. The van der Waals surface area contributed by atoms with E-state index in [9.17, 15) is 0 Å². The summed E-state index contributed by atoms with van der Waals surface area (Å²) in [7, 11) is 0. The summed E-state index contributed by atoms with van der Waals surface area (Å²) in [4.78, 5) is 4.19. The van der Waals surface area contributed by atoms with E-state index in [4.69, 9.17) is 10.5 Å². The number of rotatable bonds is 5. The van der Waals surface area contributed by atoms with Crippen LogP contribution in [0, 0.1) is 13.8 Å². The zero-order chi connectivity index (χ0) is 13.8. The molecular weight excluding hydrogens is 238 g/mol. The molecule has 0 aliphatic carbocycles. The van der Waals surface area contributed by atoms with Crippen LogP contribution in [0.1, 0.15) is 29.9 Å². The molecule has 19 heavy (non-hydrogen) atoms. The maximum absolute atomic E-state index is 5.98. The fraction of sp³-hybridized carbons (Fsp3) is 0.400. The van der Waals surface area contributed by atoms with Crippen molar-refractivity contribution in [3.63, 3.8) is 0 Å². The predicted molar refractivity (Wildman–Crippen MR) is 76.2 cm³/mol. The number of benzene rings is 1. The summed E-state index contributed by atoms with van der Waals surface area (Å²) in [5, 5.41) is 0. The van der Waals surface area contributed by atoms with Gasteiger partial charge in [0.15, 0.2) is 0 Å². The van der Waals surface area contributed by atoms with Crippen molar-refractivity contribution in [2.75, 3.05) is 6.61 Å². The minimum atomic E-state index is -0.0233. The minimum absolute atomic E-state index is 0.0233. The molecule has 4 nitrogen and oxygen atoms in total. The van der Waals surface area contributed by atoms with Gasteiger partial charge in [0.1, 0.15) is 18.2 Å². The van der Waals surface area contributed by atoms with Gasteiger partial charge in [-0.25, -0.2) is 4.98 Å². The van der Waals surface area contributed by atoms with Crippen molar-refractivity contribution in [2.45, 2.75) is 33.4 Å². The largest absolute Gasteiger partial charge is 0.491 e. The van der Waals surface area contributed by atoms with E-state index in [-0.39, 0.29) is 6.04 Å². The minimum Gasteiger partial charge on any atom is -0.491 e. The highest BCUT2D eigenvalue weighted by molar-refractivity contribution is 5.38. The second-order valence-corrected chi connectivity index (χ2v) is 4.85. The summed E-state index contributed by atoms with van der Waals surface area (Å²) < 4.78 is 7.92. The Kier molecular flexibility index (Phi) is 4.22. The van der Waals surface area contributed by atoms with Gasteiger partial charge in [-0.1, -0.05) is 17.7 Å². The molecule has 102 valence electrons. The van der Waals surface area contributed by atoms with E-state index < -0.39 is 0 Å². The van der Waals surface area contributed by atoms with E-state index in [0.29, 0.717) is 6.61 Å². The van der Waals surface area contributed by atoms with Crippen LogP contribution in [0.3, 0.4) is 0 Å². The number of aryl methyl sites for hydroxylation is 2. The van der Waals surface area contributed by atoms with Crippen LogP contribution in [0.4, 0.5) is 0 Å². The highest BCUT2D eigenvalue weighted by atomic mass is 16.5. The highest BCUT2D eigenvalue weighted by Crippen LogP contribution is 2.25. The molecule has 0 amide bonds. The Hall–Kier alpha value is -1.81. The summed E-state index contributed by atoms with van der Waals surface area (Å²) in [6.45, 7) is 7.42. The van der Waals surface area contributed by atoms with Gasteiger partial charge in [-0.15, -0.1) is 0 Å². The number of hydrogen-bond donors (Lipinski definition) is 1. The van der Waals surface area contributed by atoms with Crippen LogP contribution in [0.5, 0.6) is 5.75 Å². The molecule has 0 radical (unpaired) electrons. The van der Waals surface area contributed by atoms with Crippen LogP contribution in [-0.2, 0) is 6.54 Å². The Bertz CT molecular complexity index is 546. The first-order valence-electron chi connectivity index (χ1n) is 6.54. The Balaban J connectivity index is 2.01. The van der Waals surface area contributed by atoms with E-state index in [1.807, 2.05) is 32.2 Å². The third-order valence-electron chi connectivity index (χ3n) is 3.17. The van der Waals surface area contributed by atoms with Crippen molar-refractivity contribution in [1.29, 1.82) is 0 Å². The molecule has 2 aromatic rings. The molecule has 1 aromatic heterocycles. The van der Waals surface area contributed by atoms with Gasteiger partial charge in [0.2, 0.25) is 0 Å². The molecule has 0 aliphatic heterocycles. The molecule has 0 bridgehead atoms. The summed E-state index contributed by atoms with van der Waals surface area (Å²) in [5.74, 6) is 1.87. The molecule has 0 saturated heterocycles. The molecule has 1 aromatic carbocycles. The average Bonchev–Trinajstić information content (AvgIpc) is 2.77. The molecule has 4 heteroatoms. The first kappa shape index (κ1) is 13.6. The third kappa shape index (κ3) is 3.35. The lowest BCUT2D eigenvalue weighted by molar-refractivity contribution is 0.293. The quantitative estimate of drug-likeness (QED) is 0.898. The van der Waals surface area contributed by atoms with Crippen molar-refractivity contribution in [1.82, 2.24) is 9.55 Å². The smallest absolute Gasteiger partial charge is 0.124 e. The van der Waals surface area contributed by atoms with Crippen LogP contribution >= 0.6 is 0 Å². The van der Waals surface area contributed by atoms with Crippen molar-refractivity contribution >= 4 is 0 Å². The van der Waals surface area contributed by atoms with Gasteiger partial charge in [0, 0.05) is 24.0 Å². The SMILES string of the molecule is Cc1ccc(OCCn2ccnc2C)c(C(C)N)c1. The molecular formula is C15H21N3O. The maximum Gasteiger partial charge on any atom is 0.124 e. The Morgan fingerprint density at radius 1 is 1.37 bits per heavy atom. The first-order chi connectivity index (χ1) is 9.08. The van der Waals surface area contributed by atoms with Crippen LogP contribution in [0.2, 0.25) is 0 Å². The van der Waals surface area contributed by atoms with E-state index in [2.05, 4.69) is 22.5 Å². The zero-order valence-corrected chi connectivity index (χ0v) is 11.8. The maximum atomic E-state index is 5.98. The fourth-order valence-corrected chi connectivity index (χ4v) is 2.05. The molecule has 0 saturated carbocycles. The third-order valence-corrected chi connectivity index (χ3v) is 3.17. The first-order valence-corrected chi connectivity index (χ1v) is 6.54. The second kappa shape index (κ2) is 5.89. The zero-order valence-electron chi connectivity index (χ0n) is 11.8. The van der Waals surface area contributed by atoms with Gasteiger partial charge in [-0.2, -0.15) is 0 Å². The topological polar surface area (TPSA) is 53.1 Å². The summed E-state index contributed by atoms with van der Waals surface area (Å²) in [6.07, 6.45) is 3.76. The molecule has 1 unspecified atom stereocenters. The predicted octanol–water partition coefficient (Wildman–Crippen LogP) is 2.60. The van der Waals surface area contributed by atoms with E-state index >= 15 is 0 Å². The Morgan fingerprint density at radius 3 is 2.79 bits per heavy atom. The Labute approximate surface area is 114 Å². The monoisotopic (exact) mass is 259 g/mol. The molecule has 2 rings (SSSR count). The van der Waals surface area contributed by atoms with Crippen molar-refractivity contribution < 1.29 is 4.74 Å². The molecule has 0 spiro atoms. The number of nitrogens with two attached hydrogens (primary N) is 1. The second-order valence-electron chi connectivity index (χ2n) is 4.85. The number of hydrogen-bond acceptors (Lipinski definition) is 3. The summed E-state index contributed by atoms with van der Waals surface area (Å²) >= 11 is 0. The van der Waals surface area contributed by atoms with Gasteiger partial charge >= 0.3 is 0 Å². The molecule has 1 atom stereocenters. The molecule has 1 heterocycles. The highest BCUT2D eigenvalue weighted by Gasteiger charge is 2.08. The number of imidazole rings is 1. The van der Waals surface area contributed by atoms with Crippen molar-refractivity contribution in [3.8, 4) is 5.75 Å². The van der Waals surface area contributed by atoms with Crippen LogP contribution in [0.15, 0.2) is 30.6 Å². The number of nitrogens with zero attached hydrogens (tertiary/aromatic N) is 2. The van der Waals surface area contributed by atoms with E-state index in [1.165, 1.54) is 5.56 Å². The average molecular weight is 259 g/mol. The van der Waals surface area contributed by atoms with Gasteiger partial charge in [0.25, 0.3) is 0 Å². The lowest BCUT2D eigenvalue weighted by atomic mass is 10.1. The Morgan fingerprint density at radius 2 is 2.16 bits per heavy atom. The number of ether oxygens (including phenoxy) is 1. The van der Waals surface area contributed by atoms with Crippen molar-refractivity contribution in [3.05, 3.63) is 47.5 Å². The van der Waals surface area contributed by atoms with Gasteiger partial charge in [-0.3, -0.25) is 0 Å². The van der Waals surface area contributed by atoms with Gasteiger partial charge < -0.3 is 15.0 Å². The fourth-order valence-electron chi connectivity index (χ4n) is 2.05. The van der Waals surface area contributed by atoms with Crippen LogP contribution in [0.25, 0.3) is 0 Å². The lowest BCUT2D eigenvalue weighted by Gasteiger charge is -2.15. The van der Waals surface area contributed by atoms with E-state index in [1.54, 1.807) is 6.20 Å². The van der Waals surface area contributed by atoms with Crippen LogP contribution in [-0.4, -0.2) is 16.2 Å². The van der Waals surface area contributed by atoms with Crippen LogP contribution < -0.4 is 10.5 Å². The van der Waals surface area contributed by atoms with Gasteiger partial charge in [-0.05, 0) is 26.8 Å². The summed E-state index contributed by atoms with van der Waals surface area (Å²) in [5.41, 5.74) is 8.24. The normalized spacial score (nSPS) is 12.4. The molecule has 0 aliphatic rings. The van der Waals surface area contributed by atoms with E-state index in [0.717, 1.165) is 23.7 Å².